The molecular weight excluding hydrogens is 340 g/mol. The highest BCUT2D eigenvalue weighted by Gasteiger charge is 2.34. The van der Waals surface area contributed by atoms with Crippen molar-refractivity contribution in [2.24, 2.45) is 5.92 Å². The lowest BCUT2D eigenvalue weighted by atomic mass is 9.84. The zero-order chi connectivity index (χ0) is 18.8. The minimum atomic E-state index is 0.0209. The van der Waals surface area contributed by atoms with Gasteiger partial charge in [-0.2, -0.15) is 0 Å². The van der Waals surface area contributed by atoms with E-state index in [0.29, 0.717) is 23.0 Å². The molecule has 2 bridgehead atoms. The van der Waals surface area contributed by atoms with Crippen LogP contribution >= 0.6 is 0 Å². The lowest BCUT2D eigenvalue weighted by Gasteiger charge is -2.44. The maximum absolute atomic E-state index is 12.7. The maximum Gasteiger partial charge on any atom is 0.251 e. The zero-order valence-corrected chi connectivity index (χ0v) is 15.9. The highest BCUT2D eigenvalue weighted by Crippen LogP contribution is 2.32. The molecule has 0 radical (unpaired) electrons. The largest absolute Gasteiger partial charge is 0.493 e. The first kappa shape index (κ1) is 17.9. The summed E-state index contributed by atoms with van der Waals surface area (Å²) in [5.41, 5.74) is 2.77. The van der Waals surface area contributed by atoms with Crippen LogP contribution in [0.5, 0.6) is 11.5 Å². The van der Waals surface area contributed by atoms with E-state index in [1.165, 1.54) is 25.9 Å². The summed E-state index contributed by atoms with van der Waals surface area (Å²) in [6.45, 7) is 3.34. The number of nitrogens with zero attached hydrogens (tertiary/aromatic N) is 1. The van der Waals surface area contributed by atoms with Crippen molar-refractivity contribution in [3.05, 3.63) is 48.0 Å². The Morgan fingerprint density at radius 3 is 2.22 bits per heavy atom. The van der Waals surface area contributed by atoms with E-state index in [1.54, 1.807) is 14.2 Å². The predicted octanol–water partition coefficient (Wildman–Crippen LogP) is 3.19. The normalized spacial score (nSPS) is 23.7. The molecule has 0 aromatic heterocycles. The molecule has 0 unspecified atom stereocenters. The summed E-state index contributed by atoms with van der Waals surface area (Å²) in [6, 6.07) is 13.9. The molecule has 1 atom stereocenters. The van der Waals surface area contributed by atoms with Crippen LogP contribution in [0.4, 0.5) is 0 Å². The number of nitrogens with one attached hydrogen (secondary N) is 1. The molecular formula is C22H26N2O3. The number of carbonyl (C=O) groups is 1. The fourth-order valence-corrected chi connectivity index (χ4v) is 4.21. The average Bonchev–Trinajstić information content (AvgIpc) is 2.74. The second-order valence-electron chi connectivity index (χ2n) is 7.37. The Morgan fingerprint density at radius 2 is 1.63 bits per heavy atom. The van der Waals surface area contributed by atoms with E-state index in [4.69, 9.17) is 9.47 Å². The molecule has 0 spiro atoms. The lowest BCUT2D eigenvalue weighted by molar-refractivity contribution is 0.0620. The molecule has 2 aromatic rings. The van der Waals surface area contributed by atoms with Crippen LogP contribution in [0.1, 0.15) is 23.2 Å². The van der Waals surface area contributed by atoms with Gasteiger partial charge >= 0.3 is 0 Å². The molecule has 0 aliphatic carbocycles. The second-order valence-corrected chi connectivity index (χ2v) is 7.37. The van der Waals surface area contributed by atoms with Crippen LogP contribution in [-0.4, -0.2) is 50.7 Å². The number of amides is 1. The Morgan fingerprint density at radius 1 is 0.963 bits per heavy atom. The van der Waals surface area contributed by atoms with Gasteiger partial charge in [-0.3, -0.25) is 4.79 Å². The first-order chi connectivity index (χ1) is 13.2. The predicted molar refractivity (Wildman–Crippen MR) is 105 cm³/mol. The molecule has 3 saturated heterocycles. The van der Waals surface area contributed by atoms with E-state index < -0.39 is 0 Å². The van der Waals surface area contributed by atoms with Crippen LogP contribution in [-0.2, 0) is 0 Å². The van der Waals surface area contributed by atoms with Crippen LogP contribution in [0.25, 0.3) is 11.1 Å². The molecule has 5 rings (SSSR count). The zero-order valence-electron chi connectivity index (χ0n) is 15.9. The summed E-state index contributed by atoms with van der Waals surface area (Å²) in [4.78, 5) is 15.1. The third-order valence-electron chi connectivity index (χ3n) is 5.84. The first-order valence-electron chi connectivity index (χ1n) is 9.53. The van der Waals surface area contributed by atoms with Gasteiger partial charge in [-0.1, -0.05) is 18.2 Å². The Kier molecular flexibility index (Phi) is 5.03. The van der Waals surface area contributed by atoms with Gasteiger partial charge in [0.05, 0.1) is 14.2 Å². The van der Waals surface area contributed by atoms with Gasteiger partial charge in [0.15, 0.2) is 11.5 Å². The van der Waals surface area contributed by atoms with Gasteiger partial charge in [0, 0.05) is 18.2 Å². The average molecular weight is 366 g/mol. The number of ether oxygens (including phenoxy) is 2. The van der Waals surface area contributed by atoms with Crippen molar-refractivity contribution >= 4 is 5.91 Å². The van der Waals surface area contributed by atoms with E-state index >= 15 is 0 Å². The van der Waals surface area contributed by atoms with Gasteiger partial charge < -0.3 is 19.7 Å². The minimum Gasteiger partial charge on any atom is -0.493 e. The number of benzene rings is 2. The molecule has 1 amide bonds. The van der Waals surface area contributed by atoms with Crippen molar-refractivity contribution in [3.8, 4) is 22.6 Å². The Bertz CT molecular complexity index is 811. The number of hydrogen-bond donors (Lipinski definition) is 1. The van der Waals surface area contributed by atoms with Gasteiger partial charge in [-0.25, -0.2) is 0 Å². The smallest absolute Gasteiger partial charge is 0.251 e. The van der Waals surface area contributed by atoms with Gasteiger partial charge in [0.25, 0.3) is 5.91 Å². The molecule has 142 valence electrons. The van der Waals surface area contributed by atoms with Crippen LogP contribution < -0.4 is 14.8 Å². The number of rotatable bonds is 5. The SMILES string of the molecule is COc1ccc(-c2ccc(C(=O)N[C@H]3CN4CCC3CC4)cc2)cc1OC. The van der Waals surface area contributed by atoms with Crippen molar-refractivity contribution in [1.82, 2.24) is 10.2 Å². The van der Waals surface area contributed by atoms with Crippen molar-refractivity contribution < 1.29 is 14.3 Å². The molecule has 3 aliphatic heterocycles. The van der Waals surface area contributed by atoms with Crippen molar-refractivity contribution in [1.29, 1.82) is 0 Å². The topological polar surface area (TPSA) is 50.8 Å². The summed E-state index contributed by atoms with van der Waals surface area (Å²) in [6.07, 6.45) is 2.40. The Labute approximate surface area is 160 Å². The lowest BCUT2D eigenvalue weighted by Crippen LogP contribution is -2.57. The van der Waals surface area contributed by atoms with E-state index in [2.05, 4.69) is 10.2 Å². The molecule has 3 heterocycles. The molecule has 5 nitrogen and oxygen atoms in total. The second kappa shape index (κ2) is 7.61. The molecule has 5 heteroatoms. The highest BCUT2D eigenvalue weighted by molar-refractivity contribution is 5.95. The summed E-state index contributed by atoms with van der Waals surface area (Å²) in [5.74, 6) is 2.05. The van der Waals surface area contributed by atoms with Gasteiger partial charge in [0.1, 0.15) is 0 Å². The molecule has 3 aliphatic rings. The maximum atomic E-state index is 12.7. The highest BCUT2D eigenvalue weighted by atomic mass is 16.5. The summed E-state index contributed by atoms with van der Waals surface area (Å²) in [7, 11) is 3.25. The Balaban J connectivity index is 1.46. The van der Waals surface area contributed by atoms with Gasteiger partial charge in [-0.15, -0.1) is 0 Å². The standard InChI is InChI=1S/C22H26N2O3/c1-26-20-8-7-18(13-21(20)27-2)15-3-5-17(6-4-15)22(25)23-19-14-24-11-9-16(19)10-12-24/h3-8,13,16,19H,9-12,14H2,1-2H3,(H,23,25)/t19-/m0/s1. The number of piperidine rings is 3. The van der Waals surface area contributed by atoms with Crippen molar-refractivity contribution in [3.63, 3.8) is 0 Å². The number of hydrogen-bond acceptors (Lipinski definition) is 4. The van der Waals surface area contributed by atoms with Crippen LogP contribution in [0.15, 0.2) is 42.5 Å². The Hall–Kier alpha value is -2.53. The summed E-state index contributed by atoms with van der Waals surface area (Å²) in [5, 5.41) is 3.24. The van der Waals surface area contributed by atoms with Crippen LogP contribution in [0, 0.1) is 5.92 Å². The molecule has 0 saturated carbocycles. The summed E-state index contributed by atoms with van der Waals surface area (Å²) < 4.78 is 10.7. The fraction of sp³-hybridized carbons (Fsp3) is 0.409. The van der Waals surface area contributed by atoms with E-state index in [-0.39, 0.29) is 11.9 Å². The quantitative estimate of drug-likeness (QED) is 0.883. The fourth-order valence-electron chi connectivity index (χ4n) is 4.21. The third-order valence-corrected chi connectivity index (χ3v) is 5.84. The van der Waals surface area contributed by atoms with E-state index in [9.17, 15) is 4.79 Å². The number of methoxy groups -OCH3 is 2. The first-order valence-corrected chi connectivity index (χ1v) is 9.53. The van der Waals surface area contributed by atoms with Crippen molar-refractivity contribution in [2.45, 2.75) is 18.9 Å². The van der Waals surface area contributed by atoms with Crippen LogP contribution in [0.2, 0.25) is 0 Å². The molecule has 2 aromatic carbocycles. The van der Waals surface area contributed by atoms with Crippen LogP contribution in [0.3, 0.4) is 0 Å². The molecule has 27 heavy (non-hydrogen) atoms. The van der Waals surface area contributed by atoms with Crippen molar-refractivity contribution in [2.75, 3.05) is 33.9 Å². The molecule has 3 fully saturated rings. The number of carbonyl (C=O) groups excluding carboxylic acids is 1. The minimum absolute atomic E-state index is 0.0209. The van der Waals surface area contributed by atoms with E-state index in [1.807, 2.05) is 42.5 Å². The monoisotopic (exact) mass is 366 g/mol. The van der Waals surface area contributed by atoms with E-state index in [0.717, 1.165) is 17.7 Å². The van der Waals surface area contributed by atoms with Gasteiger partial charge in [-0.05, 0) is 67.2 Å². The third kappa shape index (κ3) is 3.65. The molecule has 1 N–H and O–H groups in total. The summed E-state index contributed by atoms with van der Waals surface area (Å²) >= 11 is 0. The number of fused-ring (bicyclic) bond motifs is 3. The van der Waals surface area contributed by atoms with Gasteiger partial charge in [0.2, 0.25) is 0 Å².